The van der Waals surface area contributed by atoms with Crippen LogP contribution in [-0.4, -0.2) is 17.4 Å². The molecule has 1 aromatic rings. The van der Waals surface area contributed by atoms with Crippen molar-refractivity contribution in [1.82, 2.24) is 0 Å². The summed E-state index contributed by atoms with van der Waals surface area (Å²) in [6.07, 6.45) is 1.82. The molecule has 0 aromatic heterocycles. The number of anilines is 1. The van der Waals surface area contributed by atoms with E-state index in [0.717, 1.165) is 0 Å². The zero-order valence-electron chi connectivity index (χ0n) is 7.61. The van der Waals surface area contributed by atoms with Crippen molar-refractivity contribution in [1.29, 1.82) is 0 Å². The SMILES string of the molecule is O=C/C(Cl)=C\Nc1ccc(C(=O)O)cc1. The molecule has 15 heavy (non-hydrogen) atoms. The molecule has 0 radical (unpaired) electrons. The summed E-state index contributed by atoms with van der Waals surface area (Å²) in [6.45, 7) is 0. The third-order valence-electron chi connectivity index (χ3n) is 1.62. The van der Waals surface area contributed by atoms with E-state index in [9.17, 15) is 9.59 Å². The van der Waals surface area contributed by atoms with Crippen molar-refractivity contribution >= 4 is 29.5 Å². The van der Waals surface area contributed by atoms with Crippen LogP contribution in [0.3, 0.4) is 0 Å². The highest BCUT2D eigenvalue weighted by atomic mass is 35.5. The van der Waals surface area contributed by atoms with E-state index in [0.29, 0.717) is 12.0 Å². The van der Waals surface area contributed by atoms with Crippen molar-refractivity contribution in [2.75, 3.05) is 5.32 Å². The molecule has 0 aliphatic carbocycles. The van der Waals surface area contributed by atoms with E-state index in [4.69, 9.17) is 16.7 Å². The summed E-state index contributed by atoms with van der Waals surface area (Å²) >= 11 is 5.43. The van der Waals surface area contributed by atoms with E-state index in [-0.39, 0.29) is 10.6 Å². The van der Waals surface area contributed by atoms with Gasteiger partial charge in [0.15, 0.2) is 6.29 Å². The summed E-state index contributed by atoms with van der Waals surface area (Å²) in [7, 11) is 0. The molecule has 1 aromatic carbocycles. The highest BCUT2D eigenvalue weighted by Crippen LogP contribution is 2.10. The monoisotopic (exact) mass is 225 g/mol. The van der Waals surface area contributed by atoms with Gasteiger partial charge in [-0.05, 0) is 24.3 Å². The molecule has 78 valence electrons. The lowest BCUT2D eigenvalue weighted by molar-refractivity contribution is -0.104. The van der Waals surface area contributed by atoms with Crippen molar-refractivity contribution in [2.45, 2.75) is 0 Å². The molecule has 2 N–H and O–H groups in total. The number of carbonyl (C=O) groups is 2. The molecule has 5 heteroatoms. The number of hydrogen-bond donors (Lipinski definition) is 2. The van der Waals surface area contributed by atoms with Gasteiger partial charge in [-0.3, -0.25) is 4.79 Å². The van der Waals surface area contributed by atoms with Crippen LogP contribution in [0.4, 0.5) is 5.69 Å². The van der Waals surface area contributed by atoms with Crippen LogP contribution in [-0.2, 0) is 4.79 Å². The molecular weight excluding hydrogens is 218 g/mol. The normalized spacial score (nSPS) is 10.9. The molecule has 4 nitrogen and oxygen atoms in total. The zero-order chi connectivity index (χ0) is 11.3. The number of carboxylic acids is 1. The van der Waals surface area contributed by atoms with Gasteiger partial charge in [-0.1, -0.05) is 11.6 Å². The van der Waals surface area contributed by atoms with Crippen molar-refractivity contribution in [3.05, 3.63) is 41.1 Å². The highest BCUT2D eigenvalue weighted by Gasteiger charge is 2.00. The first-order chi connectivity index (χ1) is 7.13. The van der Waals surface area contributed by atoms with E-state index >= 15 is 0 Å². The van der Waals surface area contributed by atoms with Gasteiger partial charge in [-0.25, -0.2) is 4.79 Å². The standard InChI is InChI=1S/C10H8ClNO3/c11-8(6-13)5-12-9-3-1-7(2-4-9)10(14)15/h1-6,12H,(H,14,15)/b8-5+. The topological polar surface area (TPSA) is 66.4 Å². The van der Waals surface area contributed by atoms with Gasteiger partial charge in [0, 0.05) is 11.9 Å². The Kier molecular flexibility index (Phi) is 3.88. The Labute approximate surface area is 91.2 Å². The van der Waals surface area contributed by atoms with Crippen LogP contribution in [0, 0.1) is 0 Å². The number of nitrogens with one attached hydrogen (secondary N) is 1. The minimum Gasteiger partial charge on any atom is -0.478 e. The maximum absolute atomic E-state index is 10.5. The van der Waals surface area contributed by atoms with Crippen LogP contribution < -0.4 is 5.32 Å². The van der Waals surface area contributed by atoms with Crippen LogP contribution >= 0.6 is 11.6 Å². The largest absolute Gasteiger partial charge is 0.478 e. The molecule has 0 fully saturated rings. The van der Waals surface area contributed by atoms with Crippen molar-refractivity contribution in [3.8, 4) is 0 Å². The predicted molar refractivity (Wildman–Crippen MR) is 57.0 cm³/mol. The maximum Gasteiger partial charge on any atom is 0.335 e. The van der Waals surface area contributed by atoms with Gasteiger partial charge in [0.25, 0.3) is 0 Å². The Balaban J connectivity index is 2.73. The van der Waals surface area contributed by atoms with Gasteiger partial charge >= 0.3 is 5.97 Å². The Morgan fingerprint density at radius 3 is 2.40 bits per heavy atom. The van der Waals surface area contributed by atoms with Crippen molar-refractivity contribution in [3.63, 3.8) is 0 Å². The average Bonchev–Trinajstić information content (AvgIpc) is 2.26. The van der Waals surface area contributed by atoms with E-state index in [1.807, 2.05) is 0 Å². The summed E-state index contributed by atoms with van der Waals surface area (Å²) in [6, 6.07) is 6.06. The molecule has 0 unspecified atom stereocenters. The minimum absolute atomic E-state index is 0.0392. The molecule has 0 aliphatic rings. The van der Waals surface area contributed by atoms with Gasteiger partial charge in [0.2, 0.25) is 0 Å². The summed E-state index contributed by atoms with van der Waals surface area (Å²) in [5.41, 5.74) is 0.853. The Bertz CT molecular complexity index is 398. The maximum atomic E-state index is 10.5. The third-order valence-corrected chi connectivity index (χ3v) is 1.82. The van der Waals surface area contributed by atoms with Gasteiger partial charge in [-0.15, -0.1) is 0 Å². The number of carbonyl (C=O) groups excluding carboxylic acids is 1. The lowest BCUT2D eigenvalue weighted by Crippen LogP contribution is -1.96. The number of carboxylic acid groups (broad SMARTS) is 1. The van der Waals surface area contributed by atoms with E-state index in [2.05, 4.69) is 5.32 Å². The Morgan fingerprint density at radius 1 is 1.33 bits per heavy atom. The van der Waals surface area contributed by atoms with Crippen LogP contribution in [0.2, 0.25) is 0 Å². The predicted octanol–water partition coefficient (Wildman–Crippen LogP) is 2.08. The molecule has 0 saturated carbocycles. The Morgan fingerprint density at radius 2 is 1.93 bits per heavy atom. The van der Waals surface area contributed by atoms with E-state index in [1.54, 1.807) is 12.1 Å². The molecule has 0 spiro atoms. The third kappa shape index (κ3) is 3.44. The number of benzene rings is 1. The van der Waals surface area contributed by atoms with Gasteiger partial charge in [-0.2, -0.15) is 0 Å². The number of hydrogen-bond acceptors (Lipinski definition) is 3. The van der Waals surface area contributed by atoms with Crippen LogP contribution in [0.5, 0.6) is 0 Å². The number of aromatic carboxylic acids is 1. The fourth-order valence-corrected chi connectivity index (χ4v) is 0.950. The second kappa shape index (κ2) is 5.17. The molecule has 0 heterocycles. The second-order valence-corrected chi connectivity index (χ2v) is 3.11. The second-order valence-electron chi connectivity index (χ2n) is 2.67. The number of rotatable bonds is 4. The minimum atomic E-state index is -0.983. The van der Waals surface area contributed by atoms with Gasteiger partial charge in [0.1, 0.15) is 0 Å². The summed E-state index contributed by atoms with van der Waals surface area (Å²) < 4.78 is 0. The lowest BCUT2D eigenvalue weighted by Gasteiger charge is -2.00. The molecular formula is C10H8ClNO3. The smallest absolute Gasteiger partial charge is 0.335 e. The molecule has 1 rings (SSSR count). The summed E-state index contributed by atoms with van der Waals surface area (Å²) in [5, 5.41) is 11.4. The Hall–Kier alpha value is -1.81. The van der Waals surface area contributed by atoms with Crippen LogP contribution in [0.1, 0.15) is 10.4 Å². The fourth-order valence-electron chi connectivity index (χ4n) is 0.895. The first kappa shape index (κ1) is 11.3. The molecule has 0 aliphatic heterocycles. The number of allylic oxidation sites excluding steroid dienone is 1. The van der Waals surface area contributed by atoms with Gasteiger partial charge < -0.3 is 10.4 Å². The quantitative estimate of drug-likeness (QED) is 0.608. The molecule has 0 amide bonds. The number of aldehydes is 1. The molecule has 0 saturated heterocycles. The lowest BCUT2D eigenvalue weighted by atomic mass is 10.2. The van der Waals surface area contributed by atoms with Crippen LogP contribution in [0.15, 0.2) is 35.5 Å². The highest BCUT2D eigenvalue weighted by molar-refractivity contribution is 6.38. The van der Waals surface area contributed by atoms with Crippen molar-refractivity contribution < 1.29 is 14.7 Å². The van der Waals surface area contributed by atoms with E-state index in [1.165, 1.54) is 18.3 Å². The van der Waals surface area contributed by atoms with E-state index < -0.39 is 5.97 Å². The molecule has 0 atom stereocenters. The zero-order valence-corrected chi connectivity index (χ0v) is 8.36. The molecule has 0 bridgehead atoms. The average molecular weight is 226 g/mol. The number of halogens is 1. The first-order valence-corrected chi connectivity index (χ1v) is 4.42. The van der Waals surface area contributed by atoms with Gasteiger partial charge in [0.05, 0.1) is 10.6 Å². The van der Waals surface area contributed by atoms with Crippen LogP contribution in [0.25, 0.3) is 0 Å². The first-order valence-electron chi connectivity index (χ1n) is 4.04. The summed E-state index contributed by atoms with van der Waals surface area (Å²) in [5.74, 6) is -0.983. The summed E-state index contributed by atoms with van der Waals surface area (Å²) in [4.78, 5) is 20.7. The fraction of sp³-hybridized carbons (Fsp3) is 0. The van der Waals surface area contributed by atoms with Crippen molar-refractivity contribution in [2.24, 2.45) is 0 Å².